The number of benzene rings is 3. The van der Waals surface area contributed by atoms with Crippen LogP contribution < -0.4 is 16.0 Å². The molecule has 3 N–H and O–H groups in total. The van der Waals surface area contributed by atoms with Crippen LogP contribution in [0.2, 0.25) is 0 Å². The largest absolute Gasteiger partial charge is 0.352 e. The van der Waals surface area contributed by atoms with E-state index in [1.807, 2.05) is 49.4 Å². The van der Waals surface area contributed by atoms with Crippen LogP contribution in [0.5, 0.6) is 0 Å². The Bertz CT molecular complexity index is 1060. The van der Waals surface area contributed by atoms with E-state index in [9.17, 15) is 14.4 Å². The Labute approximate surface area is 181 Å². The van der Waals surface area contributed by atoms with Crippen LogP contribution >= 0.6 is 0 Å². The molecule has 6 nitrogen and oxygen atoms in total. The summed E-state index contributed by atoms with van der Waals surface area (Å²) in [5.41, 5.74) is 3.36. The molecule has 0 spiro atoms. The highest BCUT2D eigenvalue weighted by atomic mass is 16.2. The molecule has 0 aromatic heterocycles. The van der Waals surface area contributed by atoms with Crippen molar-refractivity contribution in [2.45, 2.75) is 19.9 Å². The highest BCUT2D eigenvalue weighted by Crippen LogP contribution is 2.15. The lowest BCUT2D eigenvalue weighted by Gasteiger charge is -2.12. The number of rotatable bonds is 8. The minimum atomic E-state index is -0.284. The van der Waals surface area contributed by atoms with Crippen molar-refractivity contribution in [3.8, 4) is 0 Å². The van der Waals surface area contributed by atoms with Gasteiger partial charge in [0.05, 0.1) is 11.3 Å². The van der Waals surface area contributed by atoms with Gasteiger partial charge in [-0.2, -0.15) is 0 Å². The zero-order chi connectivity index (χ0) is 22.1. The number of hydrogen-bond acceptors (Lipinski definition) is 3. The normalized spacial score (nSPS) is 10.2. The third-order valence-electron chi connectivity index (χ3n) is 4.66. The highest BCUT2D eigenvalue weighted by molar-refractivity contribution is 6.03. The van der Waals surface area contributed by atoms with Crippen LogP contribution in [0.1, 0.15) is 38.3 Å². The van der Waals surface area contributed by atoms with Crippen molar-refractivity contribution in [1.29, 1.82) is 0 Å². The number of aryl methyl sites for hydroxylation is 1. The van der Waals surface area contributed by atoms with Crippen molar-refractivity contribution >= 4 is 23.4 Å². The van der Waals surface area contributed by atoms with E-state index < -0.39 is 0 Å². The van der Waals surface area contributed by atoms with E-state index in [1.54, 1.807) is 36.4 Å². The summed E-state index contributed by atoms with van der Waals surface area (Å²) in [5.74, 6) is -0.780. The molecule has 0 fully saturated rings. The maximum Gasteiger partial charge on any atom is 0.253 e. The van der Waals surface area contributed by atoms with E-state index in [2.05, 4.69) is 16.0 Å². The molecule has 0 aliphatic rings. The van der Waals surface area contributed by atoms with E-state index in [4.69, 9.17) is 0 Å². The summed E-state index contributed by atoms with van der Waals surface area (Å²) in [4.78, 5) is 37.1. The van der Waals surface area contributed by atoms with Crippen molar-refractivity contribution in [1.82, 2.24) is 10.6 Å². The first-order valence-corrected chi connectivity index (χ1v) is 10.1. The van der Waals surface area contributed by atoms with E-state index >= 15 is 0 Å². The van der Waals surface area contributed by atoms with Gasteiger partial charge in [-0.15, -0.1) is 0 Å². The summed E-state index contributed by atoms with van der Waals surface area (Å²) >= 11 is 0. The molecule has 6 heteroatoms. The topological polar surface area (TPSA) is 87.3 Å². The molecular weight excluding hydrogens is 390 g/mol. The molecule has 3 rings (SSSR count). The summed E-state index contributed by atoms with van der Waals surface area (Å²) in [6.45, 7) is 2.51. The molecule has 0 heterocycles. The average molecular weight is 415 g/mol. The van der Waals surface area contributed by atoms with Crippen molar-refractivity contribution in [2.75, 3.05) is 11.9 Å². The second kappa shape index (κ2) is 10.7. The predicted octanol–water partition coefficient (Wildman–Crippen LogP) is 3.68. The second-order valence-electron chi connectivity index (χ2n) is 7.14. The van der Waals surface area contributed by atoms with Crippen molar-refractivity contribution in [2.24, 2.45) is 0 Å². The minimum Gasteiger partial charge on any atom is -0.352 e. The van der Waals surface area contributed by atoms with Crippen LogP contribution in [0.3, 0.4) is 0 Å². The Hall–Kier alpha value is -3.93. The summed E-state index contributed by atoms with van der Waals surface area (Å²) in [7, 11) is 0. The van der Waals surface area contributed by atoms with Gasteiger partial charge >= 0.3 is 0 Å². The molecule has 0 atom stereocenters. The molecular formula is C25H25N3O3. The fourth-order valence-electron chi connectivity index (χ4n) is 3.05. The summed E-state index contributed by atoms with van der Waals surface area (Å²) < 4.78 is 0. The Morgan fingerprint density at radius 3 is 2.29 bits per heavy atom. The van der Waals surface area contributed by atoms with E-state index in [-0.39, 0.29) is 30.7 Å². The molecule has 3 amide bonds. The fourth-order valence-corrected chi connectivity index (χ4v) is 3.05. The van der Waals surface area contributed by atoms with Gasteiger partial charge in [0.15, 0.2) is 0 Å². The lowest BCUT2D eigenvalue weighted by molar-refractivity contribution is -0.116. The molecule has 0 aliphatic heterocycles. The van der Waals surface area contributed by atoms with Gasteiger partial charge in [-0.25, -0.2) is 0 Å². The molecule has 31 heavy (non-hydrogen) atoms. The molecule has 3 aromatic carbocycles. The Morgan fingerprint density at radius 2 is 1.52 bits per heavy atom. The highest BCUT2D eigenvalue weighted by Gasteiger charge is 2.13. The lowest BCUT2D eigenvalue weighted by atomic mass is 10.1. The lowest BCUT2D eigenvalue weighted by Crippen LogP contribution is -2.28. The van der Waals surface area contributed by atoms with Crippen LogP contribution in [0.25, 0.3) is 0 Å². The third-order valence-corrected chi connectivity index (χ3v) is 4.66. The van der Waals surface area contributed by atoms with Gasteiger partial charge in [-0.05, 0) is 36.8 Å². The average Bonchev–Trinajstić information content (AvgIpc) is 2.78. The number of carbonyl (C=O) groups excluding carboxylic acids is 3. The molecule has 158 valence electrons. The first-order valence-electron chi connectivity index (χ1n) is 10.1. The number of carbonyl (C=O) groups is 3. The molecule has 0 saturated heterocycles. The van der Waals surface area contributed by atoms with Gasteiger partial charge < -0.3 is 16.0 Å². The van der Waals surface area contributed by atoms with Crippen LogP contribution in [-0.4, -0.2) is 24.3 Å². The van der Waals surface area contributed by atoms with Crippen molar-refractivity contribution in [3.63, 3.8) is 0 Å². The zero-order valence-electron chi connectivity index (χ0n) is 17.4. The molecule has 0 saturated carbocycles. The van der Waals surface area contributed by atoms with Gasteiger partial charge in [-0.1, -0.05) is 60.2 Å². The molecule has 0 bridgehead atoms. The maximum absolute atomic E-state index is 12.6. The summed E-state index contributed by atoms with van der Waals surface area (Å²) in [6, 6.07) is 23.7. The van der Waals surface area contributed by atoms with E-state index in [0.717, 1.165) is 11.1 Å². The van der Waals surface area contributed by atoms with Crippen molar-refractivity contribution < 1.29 is 14.4 Å². The Balaban J connectivity index is 1.52. The van der Waals surface area contributed by atoms with Crippen LogP contribution in [0, 0.1) is 6.92 Å². The number of hydrogen-bond donors (Lipinski definition) is 3. The number of para-hydroxylation sites is 1. The molecule has 0 radical (unpaired) electrons. The van der Waals surface area contributed by atoms with Gasteiger partial charge in [0.2, 0.25) is 5.91 Å². The predicted molar refractivity (Wildman–Crippen MR) is 121 cm³/mol. The summed E-state index contributed by atoms with van der Waals surface area (Å²) in [5, 5.41) is 8.36. The van der Waals surface area contributed by atoms with Crippen LogP contribution in [0.4, 0.5) is 5.69 Å². The van der Waals surface area contributed by atoms with Gasteiger partial charge in [0, 0.05) is 25.1 Å². The first kappa shape index (κ1) is 21.8. The molecule has 3 aromatic rings. The number of anilines is 1. The fraction of sp³-hybridized carbons (Fsp3) is 0.160. The summed E-state index contributed by atoms with van der Waals surface area (Å²) in [6.07, 6.45) is 0.0948. The first-order chi connectivity index (χ1) is 15.0. The number of amides is 3. The maximum atomic E-state index is 12.6. The van der Waals surface area contributed by atoms with Crippen molar-refractivity contribution in [3.05, 3.63) is 101 Å². The van der Waals surface area contributed by atoms with E-state index in [1.165, 1.54) is 0 Å². The smallest absolute Gasteiger partial charge is 0.253 e. The van der Waals surface area contributed by atoms with Crippen LogP contribution in [0.15, 0.2) is 78.9 Å². The van der Waals surface area contributed by atoms with Crippen LogP contribution in [-0.2, 0) is 11.3 Å². The third kappa shape index (κ3) is 6.54. The number of nitrogens with one attached hydrogen (secondary N) is 3. The quantitative estimate of drug-likeness (QED) is 0.524. The standard InChI is InChI=1S/C25H25N3O3/c1-18-8-7-11-20(16-18)24(30)26-15-14-23(29)28-22-13-6-5-12-21(22)25(31)27-17-19-9-3-2-4-10-19/h2-13,16H,14-15,17H2,1H3,(H,26,30)(H,27,31)(H,28,29). The monoisotopic (exact) mass is 415 g/mol. The zero-order valence-corrected chi connectivity index (χ0v) is 17.4. The Kier molecular flexibility index (Phi) is 7.54. The Morgan fingerprint density at radius 1 is 0.774 bits per heavy atom. The van der Waals surface area contributed by atoms with Gasteiger partial charge in [-0.3, -0.25) is 14.4 Å². The van der Waals surface area contributed by atoms with E-state index in [0.29, 0.717) is 23.4 Å². The molecule has 0 aliphatic carbocycles. The van der Waals surface area contributed by atoms with Gasteiger partial charge in [0.25, 0.3) is 11.8 Å². The SMILES string of the molecule is Cc1cccc(C(=O)NCCC(=O)Nc2ccccc2C(=O)NCc2ccccc2)c1. The molecule has 0 unspecified atom stereocenters. The second-order valence-corrected chi connectivity index (χ2v) is 7.14. The van der Waals surface area contributed by atoms with Gasteiger partial charge in [0.1, 0.15) is 0 Å². The minimum absolute atomic E-state index is 0.0948.